The summed E-state index contributed by atoms with van der Waals surface area (Å²) in [6, 6.07) is 13.2. The fourth-order valence-electron chi connectivity index (χ4n) is 7.73. The predicted octanol–water partition coefficient (Wildman–Crippen LogP) is 6.62. The number of carbonyl (C=O) groups is 1. The molecule has 1 saturated carbocycles. The number of halogens is 2. The van der Waals surface area contributed by atoms with E-state index in [1.165, 1.54) is 18.6 Å². The Labute approximate surface area is 243 Å². The number of carboxylic acids is 1. The van der Waals surface area contributed by atoms with Crippen molar-refractivity contribution >= 4 is 5.97 Å². The molecule has 0 aromatic heterocycles. The minimum Gasteiger partial charge on any atom is -0.480 e. The zero-order valence-electron chi connectivity index (χ0n) is 24.0. The molecule has 1 N–H and O–H groups in total. The SMILES string of the molecule is N#Cc1ccc(CCCC2CCN(CC3CN(C(C(=O)O)C4CCCCC4)CC3c3cccc(F)c3)CC2)cc1F. The van der Waals surface area contributed by atoms with Crippen LogP contribution in [0.15, 0.2) is 42.5 Å². The minimum atomic E-state index is -0.708. The van der Waals surface area contributed by atoms with Gasteiger partial charge in [0.1, 0.15) is 23.7 Å². The van der Waals surface area contributed by atoms with E-state index in [9.17, 15) is 18.7 Å². The molecule has 2 saturated heterocycles. The maximum absolute atomic E-state index is 14.2. The smallest absolute Gasteiger partial charge is 0.321 e. The van der Waals surface area contributed by atoms with Crippen molar-refractivity contribution in [3.63, 3.8) is 0 Å². The Morgan fingerprint density at radius 1 is 1.02 bits per heavy atom. The summed E-state index contributed by atoms with van der Waals surface area (Å²) in [5, 5.41) is 19.2. The van der Waals surface area contributed by atoms with Crippen LogP contribution in [0.1, 0.15) is 80.4 Å². The maximum Gasteiger partial charge on any atom is 0.321 e. The standard InChI is InChI=1S/C34H43F2N3O2/c35-30-11-5-10-27(19-30)31-23-39(33(34(40)41)26-8-2-1-3-9-26)22-29(31)21-38-16-14-24(15-17-38)6-4-7-25-12-13-28(20-37)32(36)18-25/h5,10-13,18-19,24,26,29,31,33H,1-4,6-9,14-17,21-23H2,(H,40,41). The molecule has 0 spiro atoms. The summed E-state index contributed by atoms with van der Waals surface area (Å²) in [6.07, 6.45) is 10.6. The first kappa shape index (κ1) is 29.7. The van der Waals surface area contributed by atoms with Gasteiger partial charge in [-0.25, -0.2) is 8.78 Å². The van der Waals surface area contributed by atoms with Crippen LogP contribution in [0.25, 0.3) is 0 Å². The number of hydrogen-bond acceptors (Lipinski definition) is 4. The highest BCUT2D eigenvalue weighted by molar-refractivity contribution is 5.74. The van der Waals surface area contributed by atoms with Crippen LogP contribution in [0.2, 0.25) is 0 Å². The summed E-state index contributed by atoms with van der Waals surface area (Å²) in [6.45, 7) is 4.37. The normalized spacial score (nSPS) is 23.8. The van der Waals surface area contributed by atoms with Crippen molar-refractivity contribution in [3.05, 3.63) is 70.8 Å². The maximum atomic E-state index is 14.2. The number of nitriles is 1. The predicted molar refractivity (Wildman–Crippen MR) is 155 cm³/mol. The Bertz CT molecular complexity index is 1220. The lowest BCUT2D eigenvalue weighted by molar-refractivity contribution is -0.145. The lowest BCUT2D eigenvalue weighted by Gasteiger charge is -2.35. The van der Waals surface area contributed by atoms with Gasteiger partial charge in [-0.15, -0.1) is 0 Å². The molecule has 220 valence electrons. The van der Waals surface area contributed by atoms with Gasteiger partial charge in [0.2, 0.25) is 0 Å². The van der Waals surface area contributed by atoms with Crippen molar-refractivity contribution in [2.75, 3.05) is 32.7 Å². The molecule has 5 nitrogen and oxygen atoms in total. The first-order valence-electron chi connectivity index (χ1n) is 15.5. The summed E-state index contributed by atoms with van der Waals surface area (Å²) in [4.78, 5) is 17.2. The first-order valence-corrected chi connectivity index (χ1v) is 15.5. The Morgan fingerprint density at radius 2 is 1.80 bits per heavy atom. The summed E-state index contributed by atoms with van der Waals surface area (Å²) in [5.41, 5.74) is 2.03. The highest BCUT2D eigenvalue weighted by atomic mass is 19.1. The van der Waals surface area contributed by atoms with Gasteiger partial charge in [0.25, 0.3) is 0 Å². The molecule has 5 rings (SSSR count). The van der Waals surface area contributed by atoms with Crippen LogP contribution in [0.5, 0.6) is 0 Å². The molecule has 41 heavy (non-hydrogen) atoms. The van der Waals surface area contributed by atoms with Crippen molar-refractivity contribution in [2.24, 2.45) is 17.8 Å². The number of carboxylic acid groups (broad SMARTS) is 1. The number of benzene rings is 2. The molecular weight excluding hydrogens is 520 g/mol. The molecule has 2 aromatic rings. The fraction of sp³-hybridized carbons (Fsp3) is 0.588. The molecule has 3 unspecified atom stereocenters. The largest absolute Gasteiger partial charge is 0.480 e. The lowest BCUT2D eigenvalue weighted by atomic mass is 9.83. The van der Waals surface area contributed by atoms with Crippen LogP contribution in [0.3, 0.4) is 0 Å². The molecule has 0 radical (unpaired) electrons. The number of likely N-dealkylation sites (tertiary alicyclic amines) is 2. The van der Waals surface area contributed by atoms with E-state index >= 15 is 0 Å². The van der Waals surface area contributed by atoms with Gasteiger partial charge in [0.05, 0.1) is 5.56 Å². The second-order valence-corrected chi connectivity index (χ2v) is 12.6. The molecule has 3 aliphatic rings. The van der Waals surface area contributed by atoms with Crippen LogP contribution < -0.4 is 0 Å². The molecule has 2 heterocycles. The van der Waals surface area contributed by atoms with E-state index in [1.807, 2.05) is 18.2 Å². The molecule has 3 fully saturated rings. The van der Waals surface area contributed by atoms with Crippen LogP contribution in [0, 0.1) is 40.7 Å². The Kier molecular flexibility index (Phi) is 10.1. The van der Waals surface area contributed by atoms with Gasteiger partial charge in [0.15, 0.2) is 0 Å². The third-order valence-electron chi connectivity index (χ3n) is 9.92. The first-order chi connectivity index (χ1) is 19.9. The Morgan fingerprint density at radius 3 is 2.49 bits per heavy atom. The molecule has 0 amide bonds. The second kappa shape index (κ2) is 13.9. The van der Waals surface area contributed by atoms with E-state index < -0.39 is 17.8 Å². The lowest BCUT2D eigenvalue weighted by Crippen LogP contribution is -2.46. The summed E-state index contributed by atoms with van der Waals surface area (Å²) >= 11 is 0. The van der Waals surface area contributed by atoms with Gasteiger partial charge < -0.3 is 10.0 Å². The number of rotatable bonds is 10. The molecule has 2 aliphatic heterocycles. The van der Waals surface area contributed by atoms with Crippen molar-refractivity contribution in [2.45, 2.75) is 76.2 Å². The summed E-state index contributed by atoms with van der Waals surface area (Å²) in [7, 11) is 0. The van der Waals surface area contributed by atoms with Crippen LogP contribution in [-0.2, 0) is 11.2 Å². The highest BCUT2D eigenvalue weighted by Gasteiger charge is 2.43. The summed E-state index contributed by atoms with van der Waals surface area (Å²) < 4.78 is 28.2. The van der Waals surface area contributed by atoms with E-state index in [0.29, 0.717) is 12.5 Å². The van der Waals surface area contributed by atoms with Gasteiger partial charge in [-0.3, -0.25) is 9.69 Å². The third-order valence-corrected chi connectivity index (χ3v) is 9.92. The van der Waals surface area contributed by atoms with E-state index in [1.54, 1.807) is 18.2 Å². The van der Waals surface area contributed by atoms with E-state index in [0.717, 1.165) is 95.1 Å². The van der Waals surface area contributed by atoms with E-state index in [2.05, 4.69) is 9.80 Å². The van der Waals surface area contributed by atoms with Gasteiger partial charge in [-0.1, -0.05) is 43.9 Å². The zero-order chi connectivity index (χ0) is 28.8. The van der Waals surface area contributed by atoms with Crippen molar-refractivity contribution in [1.29, 1.82) is 5.26 Å². The number of nitrogens with zero attached hydrogens (tertiary/aromatic N) is 3. The van der Waals surface area contributed by atoms with Crippen LogP contribution in [-0.4, -0.2) is 59.6 Å². The van der Waals surface area contributed by atoms with Crippen molar-refractivity contribution < 1.29 is 18.7 Å². The van der Waals surface area contributed by atoms with E-state index in [4.69, 9.17) is 5.26 Å². The minimum absolute atomic E-state index is 0.0959. The third kappa shape index (κ3) is 7.53. The molecule has 2 aromatic carbocycles. The fourth-order valence-corrected chi connectivity index (χ4v) is 7.73. The van der Waals surface area contributed by atoms with Crippen LogP contribution in [0.4, 0.5) is 8.78 Å². The topological polar surface area (TPSA) is 67.6 Å². The Hall–Kier alpha value is -2.82. The summed E-state index contributed by atoms with van der Waals surface area (Å²) in [5.74, 6) is -0.132. The average Bonchev–Trinajstić information content (AvgIpc) is 3.37. The monoisotopic (exact) mass is 563 g/mol. The van der Waals surface area contributed by atoms with Gasteiger partial charge >= 0.3 is 5.97 Å². The number of aliphatic carboxylic acids is 1. The number of piperidine rings is 1. The molecule has 3 atom stereocenters. The molecular formula is C34H43F2N3O2. The Balaban J connectivity index is 1.17. The van der Waals surface area contributed by atoms with Crippen molar-refractivity contribution in [3.8, 4) is 6.07 Å². The average molecular weight is 564 g/mol. The van der Waals surface area contributed by atoms with Gasteiger partial charge in [-0.05, 0) is 105 Å². The van der Waals surface area contributed by atoms with E-state index in [-0.39, 0.29) is 29.1 Å². The van der Waals surface area contributed by atoms with Gasteiger partial charge in [0, 0.05) is 25.6 Å². The highest BCUT2D eigenvalue weighted by Crippen LogP contribution is 2.39. The molecule has 7 heteroatoms. The van der Waals surface area contributed by atoms with Crippen molar-refractivity contribution in [1.82, 2.24) is 9.80 Å². The van der Waals surface area contributed by atoms with Crippen LogP contribution >= 0.6 is 0 Å². The zero-order valence-corrected chi connectivity index (χ0v) is 24.0. The second-order valence-electron chi connectivity index (χ2n) is 12.6. The number of hydrogen-bond donors (Lipinski definition) is 1. The number of aryl methyl sites for hydroxylation is 1. The molecule has 1 aliphatic carbocycles. The quantitative estimate of drug-likeness (QED) is 0.352. The van der Waals surface area contributed by atoms with Gasteiger partial charge in [-0.2, -0.15) is 5.26 Å². The molecule has 0 bridgehead atoms.